The van der Waals surface area contributed by atoms with E-state index in [2.05, 4.69) is 21.3 Å². The van der Waals surface area contributed by atoms with Crippen LogP contribution in [-0.2, 0) is 99.7 Å². The van der Waals surface area contributed by atoms with Crippen molar-refractivity contribution in [2.45, 2.75) is 318 Å². The SMILES string of the molecule is CC(=O)N[C@@H]1[C@@H](O[C@@H]2O[C@H](CO[C@@H]3O[C@H](CO)[C@@H](O)[C@H](O)[C@H]3NC(C)=O)[C@H](O)[C@H](O[C@@H]3O[C@H](CO)[C@@H](O[C@@H]4O[C@H](CO)[C@H](O)[C@H](O)[C@H]4O[C@@H]4O[C@@H](C)[C@@H](O)[C@@H](O)[C@@H]4O)[C@H](O)[C@H]3NC(C)=O)[C@H]2O)[C@@H](O)[C@@H](CO[C@@H]2O[C@H](CO)[C@@H](O[C@@H]3O[C@H](CO)[C@H](O)[C@H](O)[C@H]3O[C@@H]3O[C@@H](C)[C@@H](O)[C@@H](O)[C@@H]3O)[C@H](O)[C@H]2NC(C)=O)O[C@@H]1O. The maximum Gasteiger partial charge on any atom is 0.217 e. The zero-order valence-electron chi connectivity index (χ0n) is 59.8. The third-order valence-electron chi connectivity index (χ3n) is 20.3. The third-order valence-corrected chi connectivity index (χ3v) is 20.3. The van der Waals surface area contributed by atoms with Gasteiger partial charge in [0.25, 0.3) is 0 Å². The van der Waals surface area contributed by atoms with Crippen molar-refractivity contribution in [1.29, 1.82) is 0 Å². The highest BCUT2D eigenvalue weighted by Gasteiger charge is 2.60. The van der Waals surface area contributed by atoms with E-state index in [9.17, 15) is 137 Å². The van der Waals surface area contributed by atoms with Crippen molar-refractivity contribution in [2.24, 2.45) is 0 Å². The van der Waals surface area contributed by atoms with Gasteiger partial charge < -0.3 is 219 Å². The quantitative estimate of drug-likeness (QED) is 0.0363. The number of carbonyl (C=O) groups is 4. The molecule has 4 amide bonds. The highest BCUT2D eigenvalue weighted by Crippen LogP contribution is 2.39. The van der Waals surface area contributed by atoms with Crippen molar-refractivity contribution in [2.75, 3.05) is 46.2 Å². The molecular formula is C62H104N4O44. The lowest BCUT2D eigenvalue weighted by molar-refractivity contribution is -0.391. The van der Waals surface area contributed by atoms with Gasteiger partial charge in [0.05, 0.1) is 58.5 Å². The monoisotopic (exact) mass is 1610 g/mol. The first kappa shape index (κ1) is 90.2. The lowest BCUT2D eigenvalue weighted by Gasteiger charge is -2.51. The van der Waals surface area contributed by atoms with Gasteiger partial charge >= 0.3 is 0 Å². The summed E-state index contributed by atoms with van der Waals surface area (Å²) >= 11 is 0. The van der Waals surface area contributed by atoms with E-state index in [4.69, 9.17) is 80.5 Å². The fourth-order valence-electron chi connectivity index (χ4n) is 14.2. The lowest BCUT2D eigenvalue weighted by atomic mass is 9.93. The molecule has 9 aliphatic rings. The largest absolute Gasteiger partial charge is 0.394 e. The Hall–Kier alpha value is -3.72. The van der Waals surface area contributed by atoms with Crippen molar-refractivity contribution in [1.82, 2.24) is 21.3 Å². The minimum atomic E-state index is -2.48. The molecule has 0 aromatic rings. The van der Waals surface area contributed by atoms with Crippen molar-refractivity contribution in [3.8, 4) is 0 Å². The number of hydrogen-bond acceptors (Lipinski definition) is 44. The van der Waals surface area contributed by atoms with Crippen molar-refractivity contribution in [3.05, 3.63) is 0 Å². The van der Waals surface area contributed by atoms with Crippen LogP contribution in [0, 0.1) is 0 Å². The van der Waals surface area contributed by atoms with E-state index < -0.39 is 346 Å². The third kappa shape index (κ3) is 19.9. The summed E-state index contributed by atoms with van der Waals surface area (Å²) in [4.78, 5) is 51.4. The normalized spacial score (nSPS) is 49.6. The molecule has 9 fully saturated rings. The van der Waals surface area contributed by atoms with E-state index in [0.717, 1.165) is 27.7 Å². The summed E-state index contributed by atoms with van der Waals surface area (Å²) in [5.74, 6) is -3.59. The summed E-state index contributed by atoms with van der Waals surface area (Å²) in [6, 6.07) is -7.35. The molecule has 0 aliphatic carbocycles. The first-order valence-corrected chi connectivity index (χ1v) is 35.3. The molecule has 0 saturated carbocycles. The van der Waals surface area contributed by atoms with Crippen LogP contribution >= 0.6 is 0 Å². The molecule has 0 spiro atoms. The van der Waals surface area contributed by atoms with E-state index in [1.807, 2.05) is 0 Å². The van der Waals surface area contributed by atoms with Crippen LogP contribution in [0.3, 0.4) is 0 Å². The number of aliphatic hydroxyl groups is 23. The molecule has 110 heavy (non-hydrogen) atoms. The van der Waals surface area contributed by atoms with Gasteiger partial charge in [0.15, 0.2) is 56.6 Å². The average Bonchev–Trinajstić information content (AvgIpc) is 0.768. The molecule has 0 aromatic heterocycles. The minimum Gasteiger partial charge on any atom is -0.394 e. The maximum absolute atomic E-state index is 13.1. The molecule has 9 aliphatic heterocycles. The summed E-state index contributed by atoms with van der Waals surface area (Å²) in [5, 5.41) is 265. The first-order chi connectivity index (χ1) is 51.9. The second-order valence-electron chi connectivity index (χ2n) is 28.2. The molecule has 0 bridgehead atoms. The van der Waals surface area contributed by atoms with E-state index in [-0.39, 0.29) is 0 Å². The number of rotatable bonds is 27. The predicted octanol–water partition coefficient (Wildman–Crippen LogP) is -18.0. The van der Waals surface area contributed by atoms with Crippen LogP contribution in [0.25, 0.3) is 0 Å². The summed E-state index contributed by atoms with van der Waals surface area (Å²) < 4.78 is 100. The maximum atomic E-state index is 13.1. The standard InChI is InChI=1S/C62H104N4O44/c1-14-31(76)41(86)45(90)58(96-14)109-52-43(88)34(79)21(8-68)100-61(52)105-48-23(10-70)102-56(28(39(48)84)64-17(4)73)94-12-25-36(81)50(30(54(93)98-25)66-19(6)75)107-60-47(92)51(37(82)26(104-60)13-95-55-27(63-16(3)72)38(83)33(78)20(7-67)99-55)108-57-29(65-18(5)74)40(85)49(24(11-71)103-57)106-62-53(44(89)35(80)22(9-69)101-62)110-59-46(91)42(87)32(77)15(2)97-59/h14-15,20-62,67-71,76-93H,7-13H2,1-6H3,(H,63,72)(H,64,73)(H,65,74)(H,66,75)/t14-,15-,20+,21+,22+,23+,24+,25+,26+,27+,28+,29+,30+,31+,32+,33+,34-,35-,36-,37-,38+,39+,40+,41+,42+,43-,44-,45-,46-,47+,48+,49+,50+,51-,52+,53+,54-,55+,56+,57-,58-,59-,60-,61-,62-/m0/s1. The van der Waals surface area contributed by atoms with Crippen molar-refractivity contribution >= 4 is 23.6 Å². The Bertz CT molecular complexity index is 2940. The molecule has 45 atom stereocenters. The Balaban J connectivity index is 0.989. The van der Waals surface area contributed by atoms with Crippen molar-refractivity contribution < 1.29 is 217 Å². The molecule has 0 aromatic carbocycles. The van der Waals surface area contributed by atoms with Crippen molar-refractivity contribution in [3.63, 3.8) is 0 Å². The predicted molar refractivity (Wildman–Crippen MR) is 341 cm³/mol. The van der Waals surface area contributed by atoms with E-state index in [1.165, 1.54) is 13.8 Å². The number of carbonyl (C=O) groups excluding carboxylic acids is 4. The summed E-state index contributed by atoms with van der Waals surface area (Å²) in [7, 11) is 0. The Kier molecular flexibility index (Phi) is 32.0. The molecule has 27 N–H and O–H groups in total. The van der Waals surface area contributed by atoms with Crippen LogP contribution in [-0.4, -0.2) is 463 Å². The zero-order valence-corrected chi connectivity index (χ0v) is 59.8. The van der Waals surface area contributed by atoms with Crippen LogP contribution in [0.4, 0.5) is 0 Å². The van der Waals surface area contributed by atoms with Crippen LogP contribution in [0.1, 0.15) is 41.5 Å². The van der Waals surface area contributed by atoms with Crippen LogP contribution in [0.5, 0.6) is 0 Å². The van der Waals surface area contributed by atoms with Gasteiger partial charge in [0.2, 0.25) is 23.6 Å². The lowest BCUT2D eigenvalue weighted by Crippen LogP contribution is -2.71. The number of hydrogen-bond donors (Lipinski definition) is 27. The van der Waals surface area contributed by atoms with E-state index in [0.29, 0.717) is 0 Å². The summed E-state index contributed by atoms with van der Waals surface area (Å²) in [6.45, 7) is -0.740. The van der Waals surface area contributed by atoms with Crippen LogP contribution < -0.4 is 21.3 Å². The van der Waals surface area contributed by atoms with Gasteiger partial charge in [-0.05, 0) is 13.8 Å². The molecule has 636 valence electrons. The fourth-order valence-corrected chi connectivity index (χ4v) is 14.2. The number of ether oxygens (including phenoxy) is 17. The highest BCUT2D eigenvalue weighted by molar-refractivity contribution is 5.74. The van der Waals surface area contributed by atoms with E-state index in [1.54, 1.807) is 0 Å². The highest BCUT2D eigenvalue weighted by atomic mass is 16.8. The number of nitrogens with one attached hydrogen (secondary N) is 4. The van der Waals surface area contributed by atoms with Gasteiger partial charge in [-0.15, -0.1) is 0 Å². The zero-order chi connectivity index (χ0) is 81.1. The van der Waals surface area contributed by atoms with Gasteiger partial charge in [-0.25, -0.2) is 0 Å². The number of aliphatic hydroxyl groups excluding tert-OH is 23. The average molecular weight is 1610 g/mol. The minimum absolute atomic E-state index is 0.809. The fraction of sp³-hybridized carbons (Fsp3) is 0.935. The van der Waals surface area contributed by atoms with E-state index >= 15 is 0 Å². The molecule has 9 saturated heterocycles. The van der Waals surface area contributed by atoms with Gasteiger partial charge in [0.1, 0.15) is 207 Å². The van der Waals surface area contributed by atoms with Crippen LogP contribution in [0.15, 0.2) is 0 Å². The molecule has 9 heterocycles. The molecule has 0 radical (unpaired) electrons. The molecular weight excluding hydrogens is 1500 g/mol. The Labute approximate surface area is 624 Å². The summed E-state index contributed by atoms with van der Waals surface area (Å²) in [5.41, 5.74) is 0. The second kappa shape index (κ2) is 39.0. The molecule has 9 rings (SSSR count). The van der Waals surface area contributed by atoms with Gasteiger partial charge in [0, 0.05) is 27.7 Å². The Morgan fingerprint density at radius 3 is 0.964 bits per heavy atom. The first-order valence-electron chi connectivity index (χ1n) is 35.3. The smallest absolute Gasteiger partial charge is 0.217 e. The van der Waals surface area contributed by atoms with Gasteiger partial charge in [-0.3, -0.25) is 19.2 Å². The topological polar surface area (TPSA) is 739 Å². The summed E-state index contributed by atoms with van der Waals surface area (Å²) in [6.07, 6.45) is -80.2. The number of amides is 4. The Morgan fingerprint density at radius 1 is 0.255 bits per heavy atom. The van der Waals surface area contributed by atoms with Crippen LogP contribution in [0.2, 0.25) is 0 Å². The molecule has 0 unspecified atom stereocenters. The second-order valence-corrected chi connectivity index (χ2v) is 28.2. The van der Waals surface area contributed by atoms with Gasteiger partial charge in [-0.1, -0.05) is 0 Å². The Morgan fingerprint density at radius 2 is 0.555 bits per heavy atom. The molecule has 48 nitrogen and oxygen atoms in total. The van der Waals surface area contributed by atoms with Gasteiger partial charge in [-0.2, -0.15) is 0 Å². The molecule has 48 heteroatoms.